The lowest BCUT2D eigenvalue weighted by atomic mass is 10.1. The van der Waals surface area contributed by atoms with Crippen LogP contribution in [0, 0.1) is 0 Å². The maximum atomic E-state index is 11.2. The number of nitrogens with one attached hydrogen (secondary N) is 2. The second-order valence-corrected chi connectivity index (χ2v) is 7.89. The van der Waals surface area contributed by atoms with Gasteiger partial charge in [0, 0.05) is 12.3 Å². The minimum atomic E-state index is -3.07. The van der Waals surface area contributed by atoms with Crippen molar-refractivity contribution in [2.24, 2.45) is 0 Å². The Morgan fingerprint density at radius 1 is 1.24 bits per heavy atom. The topological polar surface area (TPSA) is 87.7 Å². The molecule has 2 N–H and O–H groups in total. The molecule has 1 heterocycles. The largest absolute Gasteiger partial charge is 0.307 e. The van der Waals surface area contributed by atoms with E-state index in [0.717, 1.165) is 6.42 Å². The maximum Gasteiger partial charge on any atom is 0.164 e. The second-order valence-electron chi connectivity index (χ2n) is 5.75. The lowest BCUT2D eigenvalue weighted by molar-refractivity contribution is 0.474. The van der Waals surface area contributed by atoms with Crippen molar-refractivity contribution in [3.63, 3.8) is 0 Å². The Balaban J connectivity index is 2.22. The average molecular weight is 316 g/mol. The second kappa shape index (κ2) is 9.15. The van der Waals surface area contributed by atoms with E-state index >= 15 is 0 Å². The number of hydrogen-bond acceptors (Lipinski definition) is 5. The van der Waals surface area contributed by atoms with Crippen molar-refractivity contribution in [3.05, 3.63) is 11.6 Å². The highest BCUT2D eigenvalue weighted by molar-refractivity contribution is 7.89. The molecule has 1 aromatic heterocycles. The molecule has 0 saturated heterocycles. The zero-order valence-electron chi connectivity index (χ0n) is 13.4. The summed E-state index contributed by atoms with van der Waals surface area (Å²) < 4.78 is 22.3. The van der Waals surface area contributed by atoms with Crippen molar-refractivity contribution in [2.75, 3.05) is 6.26 Å². The predicted molar refractivity (Wildman–Crippen MR) is 84.6 cm³/mol. The van der Waals surface area contributed by atoms with Gasteiger partial charge in [-0.3, -0.25) is 5.10 Å². The number of aromatic nitrogens is 3. The van der Waals surface area contributed by atoms with Crippen LogP contribution in [0.3, 0.4) is 0 Å². The fourth-order valence-corrected chi connectivity index (χ4v) is 2.77. The molecule has 0 fully saturated rings. The van der Waals surface area contributed by atoms with Gasteiger partial charge in [-0.2, -0.15) is 5.10 Å². The first-order valence-corrected chi connectivity index (χ1v) is 9.78. The third-order valence-corrected chi connectivity index (χ3v) is 4.12. The van der Waals surface area contributed by atoms with Crippen molar-refractivity contribution in [2.45, 2.75) is 70.7 Å². The molecule has 1 atom stereocenters. The summed E-state index contributed by atoms with van der Waals surface area (Å²) in [4.78, 5) is 4.18. The minimum Gasteiger partial charge on any atom is -0.307 e. The van der Waals surface area contributed by atoms with Crippen LogP contribution in [-0.4, -0.2) is 35.9 Å². The monoisotopic (exact) mass is 316 g/mol. The first-order valence-electron chi connectivity index (χ1n) is 7.72. The van der Waals surface area contributed by atoms with Gasteiger partial charge in [-0.25, -0.2) is 13.4 Å². The van der Waals surface area contributed by atoms with Gasteiger partial charge in [-0.15, -0.1) is 0 Å². The van der Waals surface area contributed by atoms with Gasteiger partial charge in [0.2, 0.25) is 0 Å². The third kappa shape index (κ3) is 8.83. The van der Waals surface area contributed by atoms with Gasteiger partial charge in [0.25, 0.3) is 0 Å². The molecule has 0 radical (unpaired) electrons. The van der Waals surface area contributed by atoms with Crippen LogP contribution < -0.4 is 5.32 Å². The summed E-state index contributed by atoms with van der Waals surface area (Å²) in [6, 6.07) is 0.420. The predicted octanol–water partition coefficient (Wildman–Crippen LogP) is 2.19. The molecular weight excluding hydrogens is 288 g/mol. The summed E-state index contributed by atoms with van der Waals surface area (Å²) in [7, 11) is -3.07. The Kier molecular flexibility index (Phi) is 7.88. The smallest absolute Gasteiger partial charge is 0.164 e. The molecule has 122 valence electrons. The summed E-state index contributed by atoms with van der Waals surface area (Å²) in [6.07, 6.45) is 8.77. The molecular formula is C14H28N4O2S. The molecule has 0 bridgehead atoms. The van der Waals surface area contributed by atoms with Crippen LogP contribution in [0.1, 0.15) is 64.0 Å². The molecule has 0 aliphatic heterocycles. The molecule has 0 saturated carbocycles. The quantitative estimate of drug-likeness (QED) is 0.611. The van der Waals surface area contributed by atoms with E-state index in [1.165, 1.54) is 38.4 Å². The molecule has 7 heteroatoms. The van der Waals surface area contributed by atoms with Gasteiger partial charge in [0.1, 0.15) is 11.6 Å². The van der Waals surface area contributed by atoms with E-state index in [0.29, 0.717) is 24.2 Å². The number of aromatic amines is 1. The van der Waals surface area contributed by atoms with Crippen molar-refractivity contribution in [1.29, 1.82) is 0 Å². The van der Waals surface area contributed by atoms with E-state index in [1.54, 1.807) is 0 Å². The SMILES string of the molecule is CCCCCCCC(C)NCc1n[nH]c(CS(C)(=O)=O)n1. The third-order valence-electron chi connectivity index (χ3n) is 3.33. The average Bonchev–Trinajstić information content (AvgIpc) is 2.81. The van der Waals surface area contributed by atoms with E-state index in [9.17, 15) is 8.42 Å². The van der Waals surface area contributed by atoms with E-state index in [4.69, 9.17) is 0 Å². The van der Waals surface area contributed by atoms with Crippen LogP contribution in [0.4, 0.5) is 0 Å². The van der Waals surface area contributed by atoms with Gasteiger partial charge in [-0.1, -0.05) is 39.0 Å². The molecule has 21 heavy (non-hydrogen) atoms. The number of sulfone groups is 1. The Morgan fingerprint density at radius 3 is 2.62 bits per heavy atom. The van der Waals surface area contributed by atoms with Gasteiger partial charge in [-0.05, 0) is 13.3 Å². The first kappa shape index (κ1) is 18.1. The Labute approximate surface area is 128 Å². The number of H-pyrrole nitrogens is 1. The normalized spacial score (nSPS) is 13.5. The molecule has 0 spiro atoms. The highest BCUT2D eigenvalue weighted by atomic mass is 32.2. The van der Waals surface area contributed by atoms with E-state index < -0.39 is 9.84 Å². The Hall–Kier alpha value is -0.950. The fraction of sp³-hybridized carbons (Fsp3) is 0.857. The molecule has 6 nitrogen and oxygen atoms in total. The van der Waals surface area contributed by atoms with Crippen LogP contribution in [0.2, 0.25) is 0 Å². The molecule has 0 aliphatic carbocycles. The zero-order valence-corrected chi connectivity index (χ0v) is 14.2. The number of hydrogen-bond donors (Lipinski definition) is 2. The summed E-state index contributed by atoms with van der Waals surface area (Å²) in [5.74, 6) is 0.931. The summed E-state index contributed by atoms with van der Waals surface area (Å²) in [6.45, 7) is 4.94. The Morgan fingerprint density at radius 2 is 1.95 bits per heavy atom. The zero-order chi connectivity index (χ0) is 15.7. The highest BCUT2D eigenvalue weighted by Crippen LogP contribution is 2.07. The standard InChI is InChI=1S/C14H28N4O2S/c1-4-5-6-7-8-9-12(2)15-10-13-16-14(18-17-13)11-21(3,19)20/h12,15H,4-11H2,1-3H3,(H,16,17,18). The van der Waals surface area contributed by atoms with Gasteiger partial charge < -0.3 is 5.32 Å². The first-order chi connectivity index (χ1) is 9.90. The summed E-state index contributed by atoms with van der Waals surface area (Å²) >= 11 is 0. The van der Waals surface area contributed by atoms with Crippen LogP contribution >= 0.6 is 0 Å². The number of unbranched alkanes of at least 4 members (excludes halogenated alkanes) is 4. The van der Waals surface area contributed by atoms with Crippen LogP contribution in [-0.2, 0) is 22.1 Å². The molecule has 1 aromatic rings. The molecule has 0 aliphatic rings. The minimum absolute atomic E-state index is 0.0903. The fourth-order valence-electron chi connectivity index (χ4n) is 2.15. The van der Waals surface area contributed by atoms with Crippen LogP contribution in [0.5, 0.6) is 0 Å². The van der Waals surface area contributed by atoms with Crippen molar-refractivity contribution >= 4 is 9.84 Å². The molecule has 0 amide bonds. The lowest BCUT2D eigenvalue weighted by Gasteiger charge is -2.12. The van der Waals surface area contributed by atoms with Gasteiger partial charge >= 0.3 is 0 Å². The Bertz CT molecular complexity index is 499. The molecule has 1 unspecified atom stereocenters. The van der Waals surface area contributed by atoms with Gasteiger partial charge in [0.15, 0.2) is 15.7 Å². The molecule has 0 aromatic carbocycles. The number of nitrogens with zero attached hydrogens (tertiary/aromatic N) is 2. The summed E-state index contributed by atoms with van der Waals surface area (Å²) in [5.41, 5.74) is 0. The van der Waals surface area contributed by atoms with E-state index in [2.05, 4.69) is 34.3 Å². The van der Waals surface area contributed by atoms with E-state index in [-0.39, 0.29) is 5.75 Å². The van der Waals surface area contributed by atoms with Gasteiger partial charge in [0.05, 0.1) is 6.54 Å². The number of rotatable bonds is 11. The van der Waals surface area contributed by atoms with Crippen molar-refractivity contribution in [1.82, 2.24) is 20.5 Å². The lowest BCUT2D eigenvalue weighted by Crippen LogP contribution is -2.25. The van der Waals surface area contributed by atoms with Crippen LogP contribution in [0.15, 0.2) is 0 Å². The highest BCUT2D eigenvalue weighted by Gasteiger charge is 2.10. The maximum absolute atomic E-state index is 11.2. The van der Waals surface area contributed by atoms with E-state index in [1.807, 2.05) is 0 Å². The molecule has 1 rings (SSSR count). The van der Waals surface area contributed by atoms with Crippen molar-refractivity contribution in [3.8, 4) is 0 Å². The van der Waals surface area contributed by atoms with Crippen molar-refractivity contribution < 1.29 is 8.42 Å². The summed E-state index contributed by atoms with van der Waals surface area (Å²) in [5, 5.41) is 10.1. The van der Waals surface area contributed by atoms with Crippen LogP contribution in [0.25, 0.3) is 0 Å².